The van der Waals surface area contributed by atoms with Crippen LogP contribution < -0.4 is 10.6 Å². The van der Waals surface area contributed by atoms with Crippen molar-refractivity contribution >= 4 is 11.4 Å². The van der Waals surface area contributed by atoms with E-state index in [0.717, 1.165) is 31.9 Å². The van der Waals surface area contributed by atoms with Crippen LogP contribution in [0.5, 0.6) is 0 Å². The van der Waals surface area contributed by atoms with Crippen LogP contribution in [0.2, 0.25) is 0 Å². The molecule has 2 N–H and O–H groups in total. The fourth-order valence-corrected chi connectivity index (χ4v) is 2.36. The molecule has 0 saturated carbocycles. The second kappa shape index (κ2) is 4.57. The van der Waals surface area contributed by atoms with Crippen LogP contribution in [0.1, 0.15) is 20.8 Å². The van der Waals surface area contributed by atoms with Crippen LogP contribution in [0.25, 0.3) is 0 Å². The molecule has 17 heavy (non-hydrogen) atoms. The maximum atomic E-state index is 5.82. The zero-order valence-electron chi connectivity index (χ0n) is 11.1. The van der Waals surface area contributed by atoms with Crippen LogP contribution in [0, 0.1) is 0 Å². The summed E-state index contributed by atoms with van der Waals surface area (Å²) in [5, 5.41) is 0. The molecule has 0 unspecified atom stereocenters. The molecule has 0 aliphatic carbocycles. The van der Waals surface area contributed by atoms with E-state index in [4.69, 9.17) is 5.73 Å². The molecule has 3 nitrogen and oxygen atoms in total. The Labute approximate surface area is 104 Å². The Morgan fingerprint density at radius 3 is 2.24 bits per heavy atom. The fraction of sp³-hybridized carbons (Fsp3) is 0.571. The van der Waals surface area contributed by atoms with Gasteiger partial charge in [0.1, 0.15) is 0 Å². The quantitative estimate of drug-likeness (QED) is 0.755. The lowest BCUT2D eigenvalue weighted by Gasteiger charge is -2.43. The third kappa shape index (κ3) is 2.91. The van der Waals surface area contributed by atoms with Crippen molar-refractivity contribution in [2.24, 2.45) is 0 Å². The van der Waals surface area contributed by atoms with Crippen molar-refractivity contribution in [2.45, 2.75) is 26.3 Å². The second-order valence-corrected chi connectivity index (χ2v) is 5.74. The second-order valence-electron chi connectivity index (χ2n) is 5.74. The van der Waals surface area contributed by atoms with E-state index in [1.807, 2.05) is 12.1 Å². The van der Waals surface area contributed by atoms with Crippen LogP contribution in [0.15, 0.2) is 24.3 Å². The van der Waals surface area contributed by atoms with Gasteiger partial charge in [0.25, 0.3) is 0 Å². The summed E-state index contributed by atoms with van der Waals surface area (Å²) in [5.41, 5.74) is 8.20. The number of rotatable bonds is 1. The number of nitrogen functional groups attached to an aromatic ring is 1. The van der Waals surface area contributed by atoms with Gasteiger partial charge < -0.3 is 10.6 Å². The van der Waals surface area contributed by atoms with Gasteiger partial charge in [-0.25, -0.2) is 0 Å². The number of hydrogen-bond acceptors (Lipinski definition) is 3. The topological polar surface area (TPSA) is 32.5 Å². The molecule has 1 fully saturated rings. The largest absolute Gasteiger partial charge is 0.399 e. The summed E-state index contributed by atoms with van der Waals surface area (Å²) >= 11 is 0. The van der Waals surface area contributed by atoms with Crippen molar-refractivity contribution in [1.82, 2.24) is 4.90 Å². The molecule has 0 amide bonds. The van der Waals surface area contributed by atoms with Gasteiger partial charge in [0.2, 0.25) is 0 Å². The maximum Gasteiger partial charge on any atom is 0.0387 e. The van der Waals surface area contributed by atoms with E-state index in [1.165, 1.54) is 5.69 Å². The van der Waals surface area contributed by atoms with E-state index < -0.39 is 0 Å². The Kier molecular flexibility index (Phi) is 3.29. The summed E-state index contributed by atoms with van der Waals surface area (Å²) in [6.07, 6.45) is 0. The van der Waals surface area contributed by atoms with Crippen molar-refractivity contribution < 1.29 is 0 Å². The first-order valence-electron chi connectivity index (χ1n) is 6.32. The Morgan fingerprint density at radius 1 is 1.06 bits per heavy atom. The van der Waals surface area contributed by atoms with Crippen molar-refractivity contribution in [1.29, 1.82) is 0 Å². The fourth-order valence-electron chi connectivity index (χ4n) is 2.36. The number of benzene rings is 1. The number of nitrogens with two attached hydrogens (primary N) is 1. The normalized spacial score (nSPS) is 18.4. The first-order chi connectivity index (χ1) is 7.97. The molecule has 0 atom stereocenters. The number of hydrogen-bond donors (Lipinski definition) is 1. The highest BCUT2D eigenvalue weighted by Crippen LogP contribution is 2.22. The highest BCUT2D eigenvalue weighted by Gasteiger charge is 2.25. The lowest BCUT2D eigenvalue weighted by Crippen LogP contribution is -2.53. The van der Waals surface area contributed by atoms with Gasteiger partial charge in [0, 0.05) is 43.1 Å². The molecule has 0 bridgehead atoms. The highest BCUT2D eigenvalue weighted by atomic mass is 15.3. The Bertz CT molecular complexity index is 373. The summed E-state index contributed by atoms with van der Waals surface area (Å²) in [7, 11) is 0. The first-order valence-corrected chi connectivity index (χ1v) is 6.32. The van der Waals surface area contributed by atoms with Crippen LogP contribution in [0.3, 0.4) is 0 Å². The Hall–Kier alpha value is -1.22. The third-order valence-corrected chi connectivity index (χ3v) is 3.46. The summed E-state index contributed by atoms with van der Waals surface area (Å²) in [6, 6.07) is 8.17. The molecule has 94 valence electrons. The van der Waals surface area contributed by atoms with Crippen molar-refractivity contribution in [3.63, 3.8) is 0 Å². The van der Waals surface area contributed by atoms with Gasteiger partial charge in [-0.2, -0.15) is 0 Å². The SMILES string of the molecule is CC(C)(C)N1CCN(c2cccc(N)c2)CC1. The average molecular weight is 233 g/mol. The van der Waals surface area contributed by atoms with Gasteiger partial charge in [0.05, 0.1) is 0 Å². The standard InChI is InChI=1S/C14H23N3/c1-14(2,3)17-9-7-16(8-10-17)13-6-4-5-12(15)11-13/h4-6,11H,7-10,15H2,1-3H3. The van der Waals surface area contributed by atoms with Gasteiger partial charge in [-0.15, -0.1) is 0 Å². The molecule has 1 aliphatic heterocycles. The zero-order valence-corrected chi connectivity index (χ0v) is 11.1. The minimum atomic E-state index is 0.280. The van der Waals surface area contributed by atoms with Crippen LogP contribution >= 0.6 is 0 Å². The van der Waals surface area contributed by atoms with E-state index >= 15 is 0 Å². The van der Waals surface area contributed by atoms with Crippen molar-refractivity contribution in [2.75, 3.05) is 36.8 Å². The monoisotopic (exact) mass is 233 g/mol. The highest BCUT2D eigenvalue weighted by molar-refractivity contribution is 5.56. The molecule has 1 saturated heterocycles. The van der Waals surface area contributed by atoms with Gasteiger partial charge in [-0.05, 0) is 39.0 Å². The van der Waals surface area contributed by atoms with E-state index in [0.29, 0.717) is 0 Å². The van der Waals surface area contributed by atoms with E-state index in [-0.39, 0.29) is 5.54 Å². The number of piperazine rings is 1. The van der Waals surface area contributed by atoms with E-state index in [1.54, 1.807) is 0 Å². The molecule has 0 spiro atoms. The smallest absolute Gasteiger partial charge is 0.0387 e. The van der Waals surface area contributed by atoms with E-state index in [9.17, 15) is 0 Å². The molecule has 1 aromatic rings. The van der Waals surface area contributed by atoms with Crippen LogP contribution in [-0.4, -0.2) is 36.6 Å². The summed E-state index contributed by atoms with van der Waals surface area (Å²) in [4.78, 5) is 4.95. The van der Waals surface area contributed by atoms with Gasteiger partial charge in [-0.3, -0.25) is 4.90 Å². The third-order valence-electron chi connectivity index (χ3n) is 3.46. The molecular formula is C14H23N3. The predicted molar refractivity (Wildman–Crippen MR) is 74.4 cm³/mol. The minimum absolute atomic E-state index is 0.280. The molecule has 0 aromatic heterocycles. The van der Waals surface area contributed by atoms with Crippen LogP contribution in [0.4, 0.5) is 11.4 Å². The first kappa shape index (κ1) is 12.2. The molecule has 3 heteroatoms. The van der Waals surface area contributed by atoms with Crippen molar-refractivity contribution in [3.05, 3.63) is 24.3 Å². The molecular weight excluding hydrogens is 210 g/mol. The zero-order chi connectivity index (χ0) is 12.5. The number of nitrogens with zero attached hydrogens (tertiary/aromatic N) is 2. The average Bonchev–Trinajstić information content (AvgIpc) is 2.28. The maximum absolute atomic E-state index is 5.82. The van der Waals surface area contributed by atoms with Gasteiger partial charge in [0.15, 0.2) is 0 Å². The Morgan fingerprint density at radius 2 is 1.71 bits per heavy atom. The van der Waals surface area contributed by atoms with E-state index in [2.05, 4.69) is 42.7 Å². The lowest BCUT2D eigenvalue weighted by molar-refractivity contribution is 0.128. The Balaban J connectivity index is 2.00. The predicted octanol–water partition coefficient (Wildman–Crippen LogP) is 2.19. The summed E-state index contributed by atoms with van der Waals surface area (Å²) < 4.78 is 0. The molecule has 2 rings (SSSR count). The van der Waals surface area contributed by atoms with Crippen molar-refractivity contribution in [3.8, 4) is 0 Å². The minimum Gasteiger partial charge on any atom is -0.399 e. The van der Waals surface area contributed by atoms with Crippen LogP contribution in [-0.2, 0) is 0 Å². The molecule has 0 radical (unpaired) electrons. The molecule has 1 heterocycles. The lowest BCUT2D eigenvalue weighted by atomic mass is 10.0. The summed E-state index contributed by atoms with van der Waals surface area (Å²) in [5.74, 6) is 0. The summed E-state index contributed by atoms with van der Waals surface area (Å²) in [6.45, 7) is 11.3. The van der Waals surface area contributed by atoms with Gasteiger partial charge in [-0.1, -0.05) is 6.07 Å². The molecule has 1 aromatic carbocycles. The van der Waals surface area contributed by atoms with Gasteiger partial charge >= 0.3 is 0 Å². The number of anilines is 2. The molecule has 1 aliphatic rings.